The average Bonchev–Trinajstić information content (AvgIpc) is 2.90. The Morgan fingerprint density at radius 1 is 1.18 bits per heavy atom. The second kappa shape index (κ2) is 12.2. The fraction of sp³-hybridized carbons (Fsp3) is 0.269. The van der Waals surface area contributed by atoms with E-state index in [-0.39, 0.29) is 24.9 Å². The van der Waals surface area contributed by atoms with Gasteiger partial charge in [-0.3, -0.25) is 9.80 Å². The summed E-state index contributed by atoms with van der Waals surface area (Å²) in [5.74, 6) is -0.270. The molecule has 5 N–H and O–H groups in total. The van der Waals surface area contributed by atoms with Gasteiger partial charge in [0.25, 0.3) is 11.8 Å². The number of nitrogens with two attached hydrogens (primary N) is 2. The molecule has 0 spiro atoms. The molecule has 1 atom stereocenters. The van der Waals surface area contributed by atoms with Gasteiger partial charge in [-0.1, -0.05) is 24.3 Å². The third-order valence-electron chi connectivity index (χ3n) is 5.90. The zero-order valence-electron chi connectivity index (χ0n) is 21.1. The van der Waals surface area contributed by atoms with E-state index in [4.69, 9.17) is 26.2 Å². The van der Waals surface area contributed by atoms with Crippen molar-refractivity contribution in [3.05, 3.63) is 78.1 Å². The number of ether oxygens (including phenoxy) is 1. The molecule has 1 aliphatic rings. The topological polar surface area (TPSA) is 135 Å². The van der Waals surface area contributed by atoms with Crippen LogP contribution in [0.5, 0.6) is 5.88 Å². The number of hydrazine groups is 1. The van der Waals surface area contributed by atoms with E-state index in [2.05, 4.69) is 4.98 Å². The number of hydrogen-bond acceptors (Lipinski definition) is 7. The summed E-state index contributed by atoms with van der Waals surface area (Å²) in [6.45, 7) is 1.54. The van der Waals surface area contributed by atoms with Crippen molar-refractivity contribution in [2.24, 2.45) is 11.6 Å². The highest BCUT2D eigenvalue weighted by Crippen LogP contribution is 2.33. The molecule has 214 valence electrons. The van der Waals surface area contributed by atoms with E-state index >= 15 is 0 Å². The lowest BCUT2D eigenvalue weighted by Gasteiger charge is -2.38. The Balaban J connectivity index is 0.000000559. The van der Waals surface area contributed by atoms with Crippen LogP contribution in [0.4, 0.5) is 27.6 Å². The summed E-state index contributed by atoms with van der Waals surface area (Å²) in [4.78, 5) is 27.7. The number of carboxylic acids is 1. The van der Waals surface area contributed by atoms with E-state index in [0.29, 0.717) is 16.8 Å². The second-order valence-corrected chi connectivity index (χ2v) is 8.77. The molecule has 1 aromatic heterocycles. The van der Waals surface area contributed by atoms with Crippen LogP contribution in [0.15, 0.2) is 67.0 Å². The molecule has 0 bridgehead atoms. The van der Waals surface area contributed by atoms with Crippen LogP contribution in [0.3, 0.4) is 0 Å². The highest BCUT2D eigenvalue weighted by atomic mass is 19.4. The van der Waals surface area contributed by atoms with Crippen molar-refractivity contribution >= 4 is 28.5 Å². The SMILES string of the molecule is Cc1cccc2ccc(OC3CN(C(=O)c4cccc(N(N)/C=C\N)c4)CCC3(F)F)nc12.O=C(O)C(F)(F)F. The van der Waals surface area contributed by atoms with E-state index in [9.17, 15) is 26.7 Å². The van der Waals surface area contributed by atoms with Crippen molar-refractivity contribution < 1.29 is 41.4 Å². The number of aromatic nitrogens is 1. The van der Waals surface area contributed by atoms with Gasteiger partial charge < -0.3 is 20.5 Å². The lowest BCUT2D eigenvalue weighted by Crippen LogP contribution is -2.55. The highest BCUT2D eigenvalue weighted by Gasteiger charge is 2.47. The number of piperidine rings is 1. The average molecular weight is 568 g/mol. The Morgan fingerprint density at radius 3 is 2.50 bits per heavy atom. The van der Waals surface area contributed by atoms with Crippen LogP contribution in [-0.2, 0) is 4.79 Å². The first kappa shape index (κ1) is 30.1. The summed E-state index contributed by atoms with van der Waals surface area (Å²) >= 11 is 0. The summed E-state index contributed by atoms with van der Waals surface area (Å²) in [5, 5.41) is 9.29. The number of halogens is 5. The molecule has 2 aromatic carbocycles. The molecule has 1 unspecified atom stereocenters. The minimum Gasteiger partial charge on any atom is -0.475 e. The van der Waals surface area contributed by atoms with Crippen molar-refractivity contribution in [3.8, 4) is 5.88 Å². The molecular formula is C26H26F5N5O4. The molecule has 0 saturated carbocycles. The number of aliphatic carboxylic acids is 1. The number of amides is 1. The number of para-hydroxylation sites is 1. The van der Waals surface area contributed by atoms with E-state index in [1.54, 1.807) is 36.4 Å². The lowest BCUT2D eigenvalue weighted by atomic mass is 10.0. The van der Waals surface area contributed by atoms with Gasteiger partial charge in [0.1, 0.15) is 0 Å². The van der Waals surface area contributed by atoms with Gasteiger partial charge in [-0.25, -0.2) is 24.4 Å². The Morgan fingerprint density at radius 2 is 1.85 bits per heavy atom. The molecular weight excluding hydrogens is 541 g/mol. The summed E-state index contributed by atoms with van der Waals surface area (Å²) in [6.07, 6.45) is -4.40. The Hall–Kier alpha value is -4.46. The molecule has 1 amide bonds. The Kier molecular flexibility index (Phi) is 9.14. The number of carboxylic acid groups (broad SMARTS) is 1. The van der Waals surface area contributed by atoms with Crippen LogP contribution in [-0.4, -0.2) is 58.2 Å². The summed E-state index contributed by atoms with van der Waals surface area (Å²) in [7, 11) is 0. The maximum absolute atomic E-state index is 14.7. The maximum Gasteiger partial charge on any atom is 0.490 e. The van der Waals surface area contributed by atoms with Crippen molar-refractivity contribution in [1.29, 1.82) is 0 Å². The number of benzene rings is 2. The zero-order chi connectivity index (χ0) is 29.7. The number of hydrogen-bond donors (Lipinski definition) is 3. The standard InChI is InChI=1S/C24H25F2N5O2.C2HF3O2/c1-16-4-2-5-17-8-9-21(29-22(16)17)33-20-15-30(12-10-24(20,25)26)23(32)18-6-3-7-19(14-18)31(28)13-11-27;3-2(4,5)1(6)7/h2-9,11,13-14,20H,10,12,15,27-28H2,1H3;(H,6,7)/b13-11-;. The number of rotatable bonds is 5. The normalized spacial score (nSPS) is 16.8. The molecule has 3 aromatic rings. The third kappa shape index (κ3) is 7.34. The second-order valence-electron chi connectivity index (χ2n) is 8.77. The van der Waals surface area contributed by atoms with Gasteiger partial charge in [0.05, 0.1) is 17.7 Å². The van der Waals surface area contributed by atoms with Crippen LogP contribution in [0.1, 0.15) is 22.3 Å². The monoisotopic (exact) mass is 567 g/mol. The number of fused-ring (bicyclic) bond motifs is 1. The first-order chi connectivity index (χ1) is 18.7. The molecule has 9 nitrogen and oxygen atoms in total. The predicted octanol–water partition coefficient (Wildman–Crippen LogP) is 4.22. The van der Waals surface area contributed by atoms with E-state index < -0.39 is 30.6 Å². The molecule has 14 heteroatoms. The Bertz CT molecular complexity index is 1400. The van der Waals surface area contributed by atoms with Gasteiger partial charge in [-0.15, -0.1) is 0 Å². The minimum absolute atomic E-state index is 0.0881. The van der Waals surface area contributed by atoms with Crippen LogP contribution in [0.2, 0.25) is 0 Å². The number of carbonyl (C=O) groups is 2. The predicted molar refractivity (Wildman–Crippen MR) is 136 cm³/mol. The molecule has 4 rings (SSSR count). The first-order valence-corrected chi connectivity index (χ1v) is 11.8. The zero-order valence-corrected chi connectivity index (χ0v) is 21.1. The van der Waals surface area contributed by atoms with E-state index in [0.717, 1.165) is 10.9 Å². The van der Waals surface area contributed by atoms with Crippen LogP contribution < -0.4 is 21.3 Å². The molecule has 1 fully saturated rings. The smallest absolute Gasteiger partial charge is 0.475 e. The number of aryl methyl sites for hydroxylation is 1. The number of carbonyl (C=O) groups excluding carboxylic acids is 1. The van der Waals surface area contributed by atoms with Gasteiger partial charge in [0.15, 0.2) is 6.10 Å². The minimum atomic E-state index is -5.08. The van der Waals surface area contributed by atoms with Crippen LogP contribution in [0.25, 0.3) is 10.9 Å². The van der Waals surface area contributed by atoms with Crippen molar-refractivity contribution in [3.63, 3.8) is 0 Å². The lowest BCUT2D eigenvalue weighted by molar-refractivity contribution is -0.192. The molecule has 2 heterocycles. The van der Waals surface area contributed by atoms with E-state index in [1.165, 1.54) is 22.3 Å². The van der Waals surface area contributed by atoms with Crippen molar-refractivity contribution in [1.82, 2.24) is 9.88 Å². The number of anilines is 1. The summed E-state index contributed by atoms with van der Waals surface area (Å²) < 4.78 is 66.8. The number of alkyl halides is 5. The van der Waals surface area contributed by atoms with Gasteiger partial charge in [-0.05, 0) is 36.8 Å². The molecule has 40 heavy (non-hydrogen) atoms. The number of pyridine rings is 1. The third-order valence-corrected chi connectivity index (χ3v) is 5.90. The number of nitrogens with zero attached hydrogens (tertiary/aromatic N) is 3. The van der Waals surface area contributed by atoms with E-state index in [1.807, 2.05) is 25.1 Å². The fourth-order valence-electron chi connectivity index (χ4n) is 3.83. The molecule has 1 saturated heterocycles. The highest BCUT2D eigenvalue weighted by molar-refractivity contribution is 5.95. The van der Waals surface area contributed by atoms with Gasteiger partial charge >= 0.3 is 12.1 Å². The largest absolute Gasteiger partial charge is 0.490 e. The first-order valence-electron chi connectivity index (χ1n) is 11.8. The quantitative estimate of drug-likeness (QED) is 0.237. The van der Waals surface area contributed by atoms with Crippen LogP contribution in [0, 0.1) is 6.92 Å². The molecule has 1 aliphatic heterocycles. The number of likely N-dealkylation sites (tertiary alicyclic amines) is 1. The fourth-order valence-corrected chi connectivity index (χ4v) is 3.83. The maximum atomic E-state index is 14.7. The van der Waals surface area contributed by atoms with Crippen molar-refractivity contribution in [2.75, 3.05) is 18.1 Å². The molecule has 0 aliphatic carbocycles. The Labute approximate surface area is 225 Å². The van der Waals surface area contributed by atoms with Gasteiger partial charge in [0, 0.05) is 42.4 Å². The van der Waals surface area contributed by atoms with Crippen LogP contribution >= 0.6 is 0 Å². The molecule has 0 radical (unpaired) electrons. The van der Waals surface area contributed by atoms with Gasteiger partial charge in [0.2, 0.25) is 5.88 Å². The van der Waals surface area contributed by atoms with Gasteiger partial charge in [-0.2, -0.15) is 13.2 Å². The summed E-state index contributed by atoms with van der Waals surface area (Å²) in [6, 6.07) is 15.6. The van der Waals surface area contributed by atoms with Crippen molar-refractivity contribution in [2.45, 2.75) is 31.5 Å². The summed E-state index contributed by atoms with van der Waals surface area (Å²) in [5.41, 5.74) is 7.83.